The molecule has 2 N–H and O–H groups in total. The van der Waals surface area contributed by atoms with Crippen LogP contribution < -0.4 is 15.2 Å². The van der Waals surface area contributed by atoms with Gasteiger partial charge in [-0.25, -0.2) is 4.79 Å². The lowest BCUT2D eigenvalue weighted by molar-refractivity contribution is 0.0213. The van der Waals surface area contributed by atoms with Crippen molar-refractivity contribution in [3.8, 4) is 22.6 Å². The molecule has 1 saturated carbocycles. The predicted molar refractivity (Wildman–Crippen MR) is 97.3 cm³/mol. The highest BCUT2D eigenvalue weighted by Crippen LogP contribution is 2.43. The Labute approximate surface area is 150 Å². The lowest BCUT2D eigenvalue weighted by Gasteiger charge is -2.22. The Morgan fingerprint density at radius 3 is 2.76 bits per heavy atom. The van der Waals surface area contributed by atoms with E-state index in [2.05, 4.69) is 0 Å². The van der Waals surface area contributed by atoms with E-state index in [1.54, 1.807) is 0 Å². The van der Waals surface area contributed by atoms with E-state index in [0.717, 1.165) is 47.4 Å². The van der Waals surface area contributed by atoms with Crippen LogP contribution in [0.5, 0.6) is 11.5 Å². The third kappa shape index (κ3) is 3.06. The first-order valence-electron chi connectivity index (χ1n) is 8.63. The number of carbonyl (C=O) groups excluding carboxylic acids is 1. The number of anilines is 1. The first-order chi connectivity index (χ1) is 12.1. The van der Waals surface area contributed by atoms with Crippen LogP contribution in [0.4, 0.5) is 5.00 Å². The van der Waals surface area contributed by atoms with Crippen LogP contribution >= 0.6 is 11.3 Å². The van der Waals surface area contributed by atoms with Crippen LogP contribution in [0.15, 0.2) is 18.2 Å². The number of fused-ring (bicyclic) bond motifs is 1. The third-order valence-corrected chi connectivity index (χ3v) is 5.74. The quantitative estimate of drug-likeness (QED) is 0.816. The van der Waals surface area contributed by atoms with Gasteiger partial charge >= 0.3 is 5.97 Å². The topological polar surface area (TPSA) is 70.8 Å². The fourth-order valence-electron chi connectivity index (χ4n) is 3.56. The van der Waals surface area contributed by atoms with Crippen LogP contribution in [0.3, 0.4) is 0 Å². The fraction of sp³-hybridized carbons (Fsp3) is 0.421. The minimum atomic E-state index is -0.318. The maximum Gasteiger partial charge on any atom is 0.342 e. The lowest BCUT2D eigenvalue weighted by Crippen LogP contribution is -2.21. The van der Waals surface area contributed by atoms with Crippen molar-refractivity contribution in [2.75, 3.05) is 12.5 Å². The van der Waals surface area contributed by atoms with Crippen molar-refractivity contribution >= 4 is 22.3 Å². The number of carbonyl (C=O) groups is 1. The highest BCUT2D eigenvalue weighted by atomic mass is 32.1. The van der Waals surface area contributed by atoms with E-state index >= 15 is 0 Å². The zero-order chi connectivity index (χ0) is 17.4. The highest BCUT2D eigenvalue weighted by Gasteiger charge is 2.27. The lowest BCUT2D eigenvalue weighted by atomic mass is 9.97. The number of rotatable bonds is 3. The van der Waals surface area contributed by atoms with Gasteiger partial charge in [-0.3, -0.25) is 0 Å². The molecule has 0 spiro atoms. The largest absolute Gasteiger partial charge is 0.459 e. The van der Waals surface area contributed by atoms with Crippen LogP contribution in [0.2, 0.25) is 0 Å². The average molecular weight is 359 g/mol. The number of hydrogen-bond acceptors (Lipinski definition) is 6. The average Bonchev–Trinajstić information content (AvgIpc) is 3.18. The third-order valence-electron chi connectivity index (χ3n) is 4.80. The van der Waals surface area contributed by atoms with Gasteiger partial charge < -0.3 is 19.9 Å². The Bertz CT molecular complexity index is 808. The highest BCUT2D eigenvalue weighted by molar-refractivity contribution is 7.16. The first-order valence-corrected chi connectivity index (χ1v) is 9.45. The Morgan fingerprint density at radius 2 is 1.96 bits per heavy atom. The van der Waals surface area contributed by atoms with Crippen LogP contribution in [0.1, 0.15) is 47.3 Å². The van der Waals surface area contributed by atoms with E-state index in [0.29, 0.717) is 16.3 Å². The number of hydrogen-bond donors (Lipinski definition) is 1. The number of aryl methyl sites for hydroxylation is 1. The van der Waals surface area contributed by atoms with Gasteiger partial charge in [0.15, 0.2) is 11.5 Å². The van der Waals surface area contributed by atoms with Crippen LogP contribution in [0, 0.1) is 6.92 Å². The summed E-state index contributed by atoms with van der Waals surface area (Å²) < 4.78 is 16.6. The molecule has 25 heavy (non-hydrogen) atoms. The fourth-order valence-corrected chi connectivity index (χ4v) is 4.50. The van der Waals surface area contributed by atoms with Crippen molar-refractivity contribution < 1.29 is 19.0 Å². The van der Waals surface area contributed by atoms with Crippen LogP contribution in [-0.4, -0.2) is 18.9 Å². The number of benzene rings is 1. The van der Waals surface area contributed by atoms with Gasteiger partial charge in [-0.05, 0) is 50.3 Å². The zero-order valence-electron chi connectivity index (χ0n) is 14.2. The molecule has 1 aromatic carbocycles. The molecule has 1 aliphatic carbocycles. The predicted octanol–water partition coefficient (Wildman–Crippen LogP) is 4.52. The zero-order valence-corrected chi connectivity index (χ0v) is 15.0. The Balaban J connectivity index is 1.67. The van der Waals surface area contributed by atoms with Gasteiger partial charge in [0.1, 0.15) is 16.7 Å². The molecule has 0 bridgehead atoms. The van der Waals surface area contributed by atoms with Gasteiger partial charge in [0.2, 0.25) is 6.79 Å². The van der Waals surface area contributed by atoms with E-state index < -0.39 is 0 Å². The SMILES string of the molecule is Cc1sc(N)c(C(=O)OC2CCCCC2)c1-c1ccc2c(c1)OCO2. The summed E-state index contributed by atoms with van der Waals surface area (Å²) in [5.41, 5.74) is 8.37. The normalized spacial score (nSPS) is 16.8. The molecule has 0 unspecified atom stereocenters. The van der Waals surface area contributed by atoms with Crippen molar-refractivity contribution in [2.24, 2.45) is 0 Å². The van der Waals surface area contributed by atoms with E-state index in [4.69, 9.17) is 19.9 Å². The number of ether oxygens (including phenoxy) is 3. The summed E-state index contributed by atoms with van der Waals surface area (Å²) in [5, 5.41) is 0.506. The summed E-state index contributed by atoms with van der Waals surface area (Å²) in [5.74, 6) is 1.09. The van der Waals surface area contributed by atoms with Gasteiger partial charge in [0.25, 0.3) is 0 Å². The van der Waals surface area contributed by atoms with Gasteiger partial charge in [0.05, 0.1) is 0 Å². The molecule has 5 nitrogen and oxygen atoms in total. The van der Waals surface area contributed by atoms with Crippen molar-refractivity contribution in [1.29, 1.82) is 0 Å². The molecule has 2 heterocycles. The summed E-state index contributed by atoms with van der Waals surface area (Å²) in [6, 6.07) is 5.69. The maximum absolute atomic E-state index is 12.8. The van der Waals surface area contributed by atoms with E-state index in [9.17, 15) is 4.79 Å². The van der Waals surface area contributed by atoms with Crippen molar-refractivity contribution in [3.63, 3.8) is 0 Å². The first kappa shape index (κ1) is 16.3. The monoisotopic (exact) mass is 359 g/mol. The second-order valence-corrected chi connectivity index (χ2v) is 7.76. The molecule has 1 aliphatic heterocycles. The number of thiophene rings is 1. The summed E-state index contributed by atoms with van der Waals surface area (Å²) in [4.78, 5) is 13.8. The summed E-state index contributed by atoms with van der Waals surface area (Å²) >= 11 is 1.42. The molecule has 132 valence electrons. The summed E-state index contributed by atoms with van der Waals surface area (Å²) in [6.07, 6.45) is 5.33. The second-order valence-electron chi connectivity index (χ2n) is 6.51. The molecule has 1 aromatic heterocycles. The minimum absolute atomic E-state index is 0.00506. The Kier molecular flexibility index (Phi) is 4.29. The van der Waals surface area contributed by atoms with Gasteiger partial charge in [-0.2, -0.15) is 0 Å². The maximum atomic E-state index is 12.8. The Morgan fingerprint density at radius 1 is 1.20 bits per heavy atom. The molecule has 4 rings (SSSR count). The van der Waals surface area contributed by atoms with E-state index in [1.807, 2.05) is 25.1 Å². The number of nitrogens with two attached hydrogens (primary N) is 1. The molecular weight excluding hydrogens is 338 g/mol. The summed E-state index contributed by atoms with van der Waals surface area (Å²) in [7, 11) is 0. The molecule has 0 amide bonds. The van der Waals surface area contributed by atoms with E-state index in [1.165, 1.54) is 17.8 Å². The summed E-state index contributed by atoms with van der Waals surface area (Å²) in [6.45, 7) is 2.19. The minimum Gasteiger partial charge on any atom is -0.459 e. The van der Waals surface area contributed by atoms with Crippen LogP contribution in [0.25, 0.3) is 11.1 Å². The van der Waals surface area contributed by atoms with Crippen molar-refractivity contribution in [2.45, 2.75) is 45.1 Å². The molecule has 0 saturated heterocycles. The number of esters is 1. The number of nitrogen functional groups attached to an aromatic ring is 1. The molecule has 6 heteroatoms. The van der Waals surface area contributed by atoms with Crippen LogP contribution in [-0.2, 0) is 4.74 Å². The molecule has 2 aromatic rings. The van der Waals surface area contributed by atoms with E-state index in [-0.39, 0.29) is 18.9 Å². The smallest absolute Gasteiger partial charge is 0.342 e. The second kappa shape index (κ2) is 6.59. The van der Waals surface area contributed by atoms with Gasteiger partial charge in [0, 0.05) is 10.4 Å². The van der Waals surface area contributed by atoms with Crippen molar-refractivity contribution in [3.05, 3.63) is 28.6 Å². The van der Waals surface area contributed by atoms with Crippen molar-refractivity contribution in [1.82, 2.24) is 0 Å². The van der Waals surface area contributed by atoms with Gasteiger partial charge in [-0.15, -0.1) is 11.3 Å². The molecule has 1 fully saturated rings. The van der Waals surface area contributed by atoms with Gasteiger partial charge in [-0.1, -0.05) is 12.5 Å². The standard InChI is InChI=1S/C19H21NO4S/c1-11-16(12-7-8-14-15(9-12)23-10-22-14)17(18(20)25-11)19(21)24-13-5-3-2-4-6-13/h7-9,13H,2-6,10,20H2,1H3. The molecule has 0 atom stereocenters. The molecule has 2 aliphatic rings. The molecule has 0 radical (unpaired) electrons. The molecular formula is C19H21NO4S. The Hall–Kier alpha value is -2.21.